The normalized spacial score (nSPS) is 20.6. The predicted octanol–water partition coefficient (Wildman–Crippen LogP) is 2.71. The molecule has 2 nitrogen and oxygen atoms in total. The van der Waals surface area contributed by atoms with Gasteiger partial charge in [0.25, 0.3) is 0 Å². The number of allylic oxidation sites excluding steroid dienone is 2. The molecule has 94 valence electrons. The average Bonchev–Trinajstić information content (AvgIpc) is 2.67. The van der Waals surface area contributed by atoms with E-state index < -0.39 is 0 Å². The predicted molar refractivity (Wildman–Crippen MR) is 71.7 cm³/mol. The van der Waals surface area contributed by atoms with Gasteiger partial charge in [-0.15, -0.1) is 0 Å². The van der Waals surface area contributed by atoms with E-state index in [-0.39, 0.29) is 5.54 Å². The van der Waals surface area contributed by atoms with E-state index in [1.807, 2.05) is 0 Å². The van der Waals surface area contributed by atoms with Crippen LogP contribution in [-0.4, -0.2) is 25.2 Å². The van der Waals surface area contributed by atoms with Crippen LogP contribution in [0.15, 0.2) is 12.2 Å². The summed E-state index contributed by atoms with van der Waals surface area (Å²) in [5.41, 5.74) is 0.259. The first-order chi connectivity index (χ1) is 7.58. The summed E-state index contributed by atoms with van der Waals surface area (Å²) in [5.74, 6) is 0.847. The number of rotatable bonds is 7. The average molecular weight is 224 g/mol. The second-order valence-corrected chi connectivity index (χ2v) is 5.83. The molecule has 0 heterocycles. The Kier molecular flexibility index (Phi) is 6.07. The lowest BCUT2D eigenvalue weighted by molar-refractivity contribution is 0.417. The lowest BCUT2D eigenvalue weighted by Gasteiger charge is -2.20. The maximum absolute atomic E-state index is 3.52. The van der Waals surface area contributed by atoms with E-state index in [1.165, 1.54) is 32.2 Å². The maximum atomic E-state index is 3.52. The van der Waals surface area contributed by atoms with Gasteiger partial charge < -0.3 is 10.6 Å². The molecule has 16 heavy (non-hydrogen) atoms. The molecule has 0 saturated heterocycles. The molecule has 1 aliphatic carbocycles. The van der Waals surface area contributed by atoms with Crippen molar-refractivity contribution in [3.63, 3.8) is 0 Å². The van der Waals surface area contributed by atoms with Crippen molar-refractivity contribution in [3.8, 4) is 0 Å². The minimum atomic E-state index is 0.259. The number of hydrogen-bond acceptors (Lipinski definition) is 2. The highest BCUT2D eigenvalue weighted by Crippen LogP contribution is 2.19. The van der Waals surface area contributed by atoms with Gasteiger partial charge in [-0.25, -0.2) is 0 Å². The van der Waals surface area contributed by atoms with Gasteiger partial charge in [-0.05, 0) is 72.0 Å². The summed E-state index contributed by atoms with van der Waals surface area (Å²) >= 11 is 0. The van der Waals surface area contributed by atoms with Gasteiger partial charge in [-0.2, -0.15) is 0 Å². The van der Waals surface area contributed by atoms with Gasteiger partial charge in [0.05, 0.1) is 0 Å². The minimum Gasteiger partial charge on any atom is -0.317 e. The molecule has 2 N–H and O–H groups in total. The van der Waals surface area contributed by atoms with E-state index in [4.69, 9.17) is 0 Å². The fraction of sp³-hybridized carbons (Fsp3) is 0.857. The van der Waals surface area contributed by atoms with Gasteiger partial charge in [0, 0.05) is 5.54 Å². The molecule has 0 aromatic carbocycles. The lowest BCUT2D eigenvalue weighted by atomic mass is 10.1. The minimum absolute atomic E-state index is 0.259. The Balaban J connectivity index is 1.83. The van der Waals surface area contributed by atoms with E-state index in [0.717, 1.165) is 19.0 Å². The van der Waals surface area contributed by atoms with E-state index in [2.05, 4.69) is 43.6 Å². The van der Waals surface area contributed by atoms with Crippen molar-refractivity contribution in [1.29, 1.82) is 0 Å². The molecule has 1 unspecified atom stereocenters. The highest BCUT2D eigenvalue weighted by Gasteiger charge is 2.08. The number of nitrogens with one attached hydrogen (secondary N) is 2. The Morgan fingerprint density at radius 3 is 2.62 bits per heavy atom. The van der Waals surface area contributed by atoms with Gasteiger partial charge in [0.2, 0.25) is 0 Å². The molecule has 0 amide bonds. The smallest absolute Gasteiger partial charge is 0.00965 e. The first-order valence-electron chi connectivity index (χ1n) is 6.70. The Labute approximate surface area is 101 Å². The van der Waals surface area contributed by atoms with Gasteiger partial charge in [-0.1, -0.05) is 12.2 Å². The third-order valence-electron chi connectivity index (χ3n) is 2.99. The molecule has 2 heteroatoms. The first-order valence-corrected chi connectivity index (χ1v) is 6.70. The highest BCUT2D eigenvalue weighted by molar-refractivity contribution is 4.95. The molecule has 0 bridgehead atoms. The summed E-state index contributed by atoms with van der Waals surface area (Å²) in [6, 6.07) is 0. The zero-order valence-electron chi connectivity index (χ0n) is 11.2. The van der Waals surface area contributed by atoms with Gasteiger partial charge in [0.1, 0.15) is 0 Å². The zero-order valence-corrected chi connectivity index (χ0v) is 11.2. The van der Waals surface area contributed by atoms with Crippen LogP contribution in [0.3, 0.4) is 0 Å². The van der Waals surface area contributed by atoms with Crippen LogP contribution in [0, 0.1) is 5.92 Å². The molecule has 0 aliphatic heterocycles. The molecule has 0 aromatic heterocycles. The summed E-state index contributed by atoms with van der Waals surface area (Å²) in [6.07, 6.45) is 9.88. The summed E-state index contributed by atoms with van der Waals surface area (Å²) in [4.78, 5) is 0. The molecule has 0 radical (unpaired) electrons. The van der Waals surface area contributed by atoms with Crippen LogP contribution < -0.4 is 10.6 Å². The fourth-order valence-electron chi connectivity index (χ4n) is 2.02. The van der Waals surface area contributed by atoms with Crippen LogP contribution in [0.2, 0.25) is 0 Å². The van der Waals surface area contributed by atoms with E-state index >= 15 is 0 Å². The molecule has 0 saturated carbocycles. The second kappa shape index (κ2) is 7.08. The molecular formula is C14H28N2. The quantitative estimate of drug-likeness (QED) is 0.513. The van der Waals surface area contributed by atoms with Crippen LogP contribution in [0.4, 0.5) is 0 Å². The van der Waals surface area contributed by atoms with E-state index in [0.29, 0.717) is 0 Å². The fourth-order valence-corrected chi connectivity index (χ4v) is 2.02. The largest absolute Gasteiger partial charge is 0.317 e. The van der Waals surface area contributed by atoms with Gasteiger partial charge >= 0.3 is 0 Å². The Morgan fingerprint density at radius 2 is 2.00 bits per heavy atom. The SMILES string of the molecule is CC(C)(C)NCCCNCCC1C=CCC1. The molecule has 0 spiro atoms. The summed E-state index contributed by atoms with van der Waals surface area (Å²) < 4.78 is 0. The summed E-state index contributed by atoms with van der Waals surface area (Å²) in [5, 5.41) is 7.03. The van der Waals surface area contributed by atoms with Crippen molar-refractivity contribution in [2.24, 2.45) is 5.92 Å². The number of hydrogen-bond donors (Lipinski definition) is 2. The third-order valence-corrected chi connectivity index (χ3v) is 2.99. The topological polar surface area (TPSA) is 24.1 Å². The Hall–Kier alpha value is -0.340. The molecule has 1 atom stereocenters. The first kappa shape index (κ1) is 13.7. The van der Waals surface area contributed by atoms with Crippen LogP contribution >= 0.6 is 0 Å². The maximum Gasteiger partial charge on any atom is 0.00965 e. The Bertz CT molecular complexity index is 203. The van der Waals surface area contributed by atoms with Crippen LogP contribution in [0.25, 0.3) is 0 Å². The molecular weight excluding hydrogens is 196 g/mol. The third kappa shape index (κ3) is 7.02. The van der Waals surface area contributed by atoms with Gasteiger partial charge in [-0.3, -0.25) is 0 Å². The highest BCUT2D eigenvalue weighted by atomic mass is 14.9. The van der Waals surface area contributed by atoms with Crippen molar-refractivity contribution in [1.82, 2.24) is 10.6 Å². The van der Waals surface area contributed by atoms with Gasteiger partial charge in [0.15, 0.2) is 0 Å². The van der Waals surface area contributed by atoms with Crippen molar-refractivity contribution in [2.75, 3.05) is 19.6 Å². The monoisotopic (exact) mass is 224 g/mol. The zero-order chi connectivity index (χ0) is 11.9. The van der Waals surface area contributed by atoms with E-state index in [1.54, 1.807) is 0 Å². The van der Waals surface area contributed by atoms with Crippen molar-refractivity contribution in [3.05, 3.63) is 12.2 Å². The van der Waals surface area contributed by atoms with Crippen molar-refractivity contribution >= 4 is 0 Å². The van der Waals surface area contributed by atoms with Crippen molar-refractivity contribution < 1.29 is 0 Å². The standard InChI is InChI=1S/C14H28N2/c1-14(2,3)16-11-6-10-15-12-9-13-7-4-5-8-13/h4,7,13,15-16H,5-6,8-12H2,1-3H3. The second-order valence-electron chi connectivity index (χ2n) is 5.83. The molecule has 1 aliphatic rings. The molecule has 1 rings (SSSR count). The lowest BCUT2D eigenvalue weighted by Crippen LogP contribution is -2.37. The van der Waals surface area contributed by atoms with Crippen LogP contribution in [0.1, 0.15) is 46.5 Å². The van der Waals surface area contributed by atoms with Crippen LogP contribution in [0.5, 0.6) is 0 Å². The molecule has 0 aromatic rings. The van der Waals surface area contributed by atoms with E-state index in [9.17, 15) is 0 Å². The summed E-state index contributed by atoms with van der Waals surface area (Å²) in [7, 11) is 0. The Morgan fingerprint density at radius 1 is 1.19 bits per heavy atom. The summed E-state index contributed by atoms with van der Waals surface area (Å²) in [6.45, 7) is 10.1. The van der Waals surface area contributed by atoms with Crippen molar-refractivity contribution in [2.45, 2.75) is 52.0 Å². The molecule has 0 fully saturated rings. The van der Waals surface area contributed by atoms with Crippen LogP contribution in [-0.2, 0) is 0 Å².